The van der Waals surface area contributed by atoms with Gasteiger partial charge in [-0.15, -0.1) is 0 Å². The van der Waals surface area contributed by atoms with Crippen LogP contribution in [0.5, 0.6) is 0 Å². The van der Waals surface area contributed by atoms with Gasteiger partial charge in [-0.25, -0.2) is 4.98 Å². The van der Waals surface area contributed by atoms with Crippen LogP contribution in [0.4, 0.5) is 5.95 Å². The summed E-state index contributed by atoms with van der Waals surface area (Å²) in [4.78, 5) is 16.0. The number of aromatic nitrogens is 2. The summed E-state index contributed by atoms with van der Waals surface area (Å²) in [5.41, 5.74) is 7.41. The molecule has 2 rings (SSSR count). The molecular formula is C14H19N3O3. The molecule has 0 amide bonds. The summed E-state index contributed by atoms with van der Waals surface area (Å²) in [5.74, 6) is -0.0367. The summed E-state index contributed by atoms with van der Waals surface area (Å²) in [7, 11) is 0. The van der Waals surface area contributed by atoms with E-state index in [9.17, 15) is 4.79 Å². The quantitative estimate of drug-likeness (QED) is 0.614. The number of hydrogen-bond donors (Lipinski definition) is 1. The molecule has 20 heavy (non-hydrogen) atoms. The maximum absolute atomic E-state index is 11.8. The highest BCUT2D eigenvalue weighted by atomic mass is 16.6. The van der Waals surface area contributed by atoms with Crippen LogP contribution in [0.25, 0.3) is 11.0 Å². The van der Waals surface area contributed by atoms with E-state index in [4.69, 9.17) is 15.2 Å². The number of nitrogens with two attached hydrogens (primary N) is 1. The number of imidazole rings is 1. The van der Waals surface area contributed by atoms with Crippen LogP contribution >= 0.6 is 0 Å². The molecule has 1 aromatic heterocycles. The lowest BCUT2D eigenvalue weighted by atomic mass is 10.3. The summed E-state index contributed by atoms with van der Waals surface area (Å²) >= 11 is 0. The number of hydrogen-bond acceptors (Lipinski definition) is 5. The third-order valence-corrected chi connectivity index (χ3v) is 2.81. The van der Waals surface area contributed by atoms with Gasteiger partial charge in [0.15, 0.2) is 0 Å². The zero-order valence-corrected chi connectivity index (χ0v) is 11.5. The molecule has 6 nitrogen and oxygen atoms in total. The molecule has 0 bridgehead atoms. The van der Waals surface area contributed by atoms with Crippen molar-refractivity contribution >= 4 is 23.0 Å². The number of nitrogen functional groups attached to an aromatic ring is 1. The van der Waals surface area contributed by atoms with E-state index in [2.05, 4.69) is 4.98 Å². The number of carbonyl (C=O) groups excluding carboxylic acids is 1. The third kappa shape index (κ3) is 3.48. The van der Waals surface area contributed by atoms with Gasteiger partial charge in [0.25, 0.3) is 0 Å². The number of benzene rings is 1. The maximum Gasteiger partial charge on any atom is 0.326 e. The zero-order chi connectivity index (χ0) is 14.4. The molecule has 0 unspecified atom stereocenters. The van der Waals surface area contributed by atoms with E-state index in [1.54, 1.807) is 4.57 Å². The third-order valence-electron chi connectivity index (χ3n) is 2.81. The fourth-order valence-corrected chi connectivity index (χ4v) is 1.90. The average Bonchev–Trinajstić information content (AvgIpc) is 2.75. The van der Waals surface area contributed by atoms with Gasteiger partial charge in [0.2, 0.25) is 5.95 Å². The lowest BCUT2D eigenvalue weighted by Gasteiger charge is -2.07. The normalized spacial score (nSPS) is 10.8. The van der Waals surface area contributed by atoms with Crippen molar-refractivity contribution < 1.29 is 14.3 Å². The van der Waals surface area contributed by atoms with Crippen molar-refractivity contribution in [1.82, 2.24) is 9.55 Å². The molecular weight excluding hydrogens is 258 g/mol. The van der Waals surface area contributed by atoms with Gasteiger partial charge in [-0.1, -0.05) is 19.1 Å². The zero-order valence-electron chi connectivity index (χ0n) is 11.5. The highest BCUT2D eigenvalue weighted by molar-refractivity contribution is 5.80. The van der Waals surface area contributed by atoms with Gasteiger partial charge in [0, 0.05) is 6.61 Å². The number of para-hydroxylation sites is 2. The van der Waals surface area contributed by atoms with E-state index in [0.29, 0.717) is 19.2 Å². The second kappa shape index (κ2) is 6.91. The summed E-state index contributed by atoms with van der Waals surface area (Å²) in [6, 6.07) is 7.48. The lowest BCUT2D eigenvalue weighted by molar-refractivity contribution is -0.145. The molecule has 1 aromatic carbocycles. The Balaban J connectivity index is 1.91. The summed E-state index contributed by atoms with van der Waals surface area (Å²) < 4.78 is 12.0. The Morgan fingerprint density at radius 2 is 2.10 bits per heavy atom. The summed E-state index contributed by atoms with van der Waals surface area (Å²) in [5, 5.41) is 0. The number of fused-ring (bicyclic) bond motifs is 1. The molecule has 108 valence electrons. The topological polar surface area (TPSA) is 79.4 Å². The largest absolute Gasteiger partial charge is 0.462 e. The van der Waals surface area contributed by atoms with Gasteiger partial charge < -0.3 is 15.2 Å². The predicted octanol–water partition coefficient (Wildman–Crippen LogP) is 1.59. The van der Waals surface area contributed by atoms with Crippen LogP contribution in [0, 0.1) is 0 Å². The van der Waals surface area contributed by atoms with Crippen molar-refractivity contribution in [3.05, 3.63) is 24.3 Å². The number of anilines is 1. The van der Waals surface area contributed by atoms with Crippen molar-refractivity contribution in [1.29, 1.82) is 0 Å². The summed E-state index contributed by atoms with van der Waals surface area (Å²) in [6.07, 6.45) is 0.950. The fraction of sp³-hybridized carbons (Fsp3) is 0.429. The van der Waals surface area contributed by atoms with Crippen LogP contribution in [0.15, 0.2) is 24.3 Å². The first kappa shape index (κ1) is 14.3. The van der Waals surface area contributed by atoms with Gasteiger partial charge in [-0.3, -0.25) is 9.36 Å². The monoisotopic (exact) mass is 277 g/mol. The number of esters is 1. The Labute approximate surface area is 117 Å². The molecule has 0 aliphatic heterocycles. The van der Waals surface area contributed by atoms with Gasteiger partial charge >= 0.3 is 5.97 Å². The molecule has 2 aromatic rings. The molecule has 0 atom stereocenters. The molecule has 0 spiro atoms. The fourth-order valence-electron chi connectivity index (χ4n) is 1.90. The smallest absolute Gasteiger partial charge is 0.326 e. The molecule has 0 radical (unpaired) electrons. The molecule has 0 saturated carbocycles. The average molecular weight is 277 g/mol. The Morgan fingerprint density at radius 3 is 2.90 bits per heavy atom. The van der Waals surface area contributed by atoms with E-state index in [-0.39, 0.29) is 19.1 Å². The van der Waals surface area contributed by atoms with E-state index < -0.39 is 0 Å². The standard InChI is InChI=1S/C14H19N3O3/c1-2-7-19-8-9-20-13(18)10-17-12-6-4-3-5-11(12)16-14(17)15/h3-6H,2,7-10H2,1H3,(H2,15,16). The molecule has 0 fully saturated rings. The van der Waals surface area contributed by atoms with E-state index in [0.717, 1.165) is 17.5 Å². The van der Waals surface area contributed by atoms with E-state index >= 15 is 0 Å². The van der Waals surface area contributed by atoms with Crippen LogP contribution in [0.2, 0.25) is 0 Å². The molecule has 0 aliphatic rings. The van der Waals surface area contributed by atoms with Crippen LogP contribution in [-0.2, 0) is 20.8 Å². The van der Waals surface area contributed by atoms with Crippen LogP contribution in [0.3, 0.4) is 0 Å². The lowest BCUT2D eigenvalue weighted by Crippen LogP contribution is -2.17. The second-order valence-electron chi connectivity index (χ2n) is 4.38. The number of rotatable bonds is 7. The van der Waals surface area contributed by atoms with Crippen LogP contribution in [0.1, 0.15) is 13.3 Å². The van der Waals surface area contributed by atoms with Gasteiger partial charge in [-0.2, -0.15) is 0 Å². The molecule has 1 heterocycles. The highest BCUT2D eigenvalue weighted by Crippen LogP contribution is 2.17. The van der Waals surface area contributed by atoms with Crippen LogP contribution < -0.4 is 5.73 Å². The minimum Gasteiger partial charge on any atom is -0.462 e. The molecule has 0 saturated heterocycles. The van der Waals surface area contributed by atoms with Crippen molar-refractivity contribution in [2.45, 2.75) is 19.9 Å². The maximum atomic E-state index is 11.8. The van der Waals surface area contributed by atoms with Gasteiger partial charge in [-0.05, 0) is 18.6 Å². The molecule has 0 aliphatic carbocycles. The van der Waals surface area contributed by atoms with E-state index in [1.165, 1.54) is 0 Å². The van der Waals surface area contributed by atoms with Crippen molar-refractivity contribution in [3.63, 3.8) is 0 Å². The van der Waals surface area contributed by atoms with Crippen molar-refractivity contribution in [3.8, 4) is 0 Å². The Kier molecular flexibility index (Phi) is 4.95. The highest BCUT2D eigenvalue weighted by Gasteiger charge is 2.11. The van der Waals surface area contributed by atoms with E-state index in [1.807, 2.05) is 31.2 Å². The van der Waals surface area contributed by atoms with Gasteiger partial charge in [0.1, 0.15) is 13.2 Å². The van der Waals surface area contributed by atoms with Crippen LogP contribution in [-0.4, -0.2) is 35.3 Å². The molecule has 6 heteroatoms. The van der Waals surface area contributed by atoms with Crippen molar-refractivity contribution in [2.75, 3.05) is 25.6 Å². The second-order valence-corrected chi connectivity index (χ2v) is 4.38. The SMILES string of the molecule is CCCOCCOC(=O)Cn1c(N)nc2ccccc21. The predicted molar refractivity (Wildman–Crippen MR) is 76.2 cm³/mol. The van der Waals surface area contributed by atoms with Gasteiger partial charge in [0.05, 0.1) is 17.6 Å². The molecule has 2 N–H and O–H groups in total. The Morgan fingerprint density at radius 1 is 1.30 bits per heavy atom. The summed E-state index contributed by atoms with van der Waals surface area (Å²) in [6.45, 7) is 3.43. The minimum absolute atomic E-state index is 0.0557. The Bertz CT molecular complexity index is 580. The number of ether oxygens (including phenoxy) is 2. The first-order valence-electron chi connectivity index (χ1n) is 6.66. The number of carbonyl (C=O) groups is 1. The first-order valence-corrected chi connectivity index (χ1v) is 6.66. The minimum atomic E-state index is -0.347. The van der Waals surface area contributed by atoms with Crippen molar-refractivity contribution in [2.24, 2.45) is 0 Å². The Hall–Kier alpha value is -2.08. The number of nitrogens with zero attached hydrogens (tertiary/aromatic N) is 2. The first-order chi connectivity index (χ1) is 9.72.